The molecule has 0 radical (unpaired) electrons. The maximum absolute atomic E-state index is 10.9. The second kappa shape index (κ2) is 7.33. The van der Waals surface area contributed by atoms with E-state index in [9.17, 15) is 25.5 Å². The van der Waals surface area contributed by atoms with Crippen LogP contribution < -0.4 is 0 Å². The van der Waals surface area contributed by atoms with Crippen LogP contribution in [0.5, 0.6) is 0 Å². The highest BCUT2D eigenvalue weighted by atomic mass is 16.6. The minimum atomic E-state index is -0.536. The van der Waals surface area contributed by atoms with Gasteiger partial charge in [0.2, 0.25) is 0 Å². The Morgan fingerprint density at radius 1 is 0.963 bits per heavy atom. The number of nitro benzene ring substituents is 2. The summed E-state index contributed by atoms with van der Waals surface area (Å²) >= 11 is 0. The van der Waals surface area contributed by atoms with Gasteiger partial charge in [-0.25, -0.2) is 0 Å². The molecule has 132 valence electrons. The van der Waals surface area contributed by atoms with Crippen molar-refractivity contribution in [2.75, 3.05) is 0 Å². The van der Waals surface area contributed by atoms with Gasteiger partial charge in [0.05, 0.1) is 21.5 Å². The number of furan rings is 1. The van der Waals surface area contributed by atoms with Gasteiger partial charge in [-0.1, -0.05) is 24.3 Å². The second-order valence-electron chi connectivity index (χ2n) is 5.49. The molecule has 0 aliphatic heterocycles. The van der Waals surface area contributed by atoms with Crippen LogP contribution in [0.1, 0.15) is 11.3 Å². The lowest BCUT2D eigenvalue weighted by Gasteiger charge is -1.99. The first-order chi connectivity index (χ1) is 13.0. The Bertz CT molecular complexity index is 1110. The summed E-state index contributed by atoms with van der Waals surface area (Å²) in [7, 11) is 0. The number of non-ortho nitro benzene ring substituents is 2. The van der Waals surface area contributed by atoms with Crippen LogP contribution >= 0.6 is 0 Å². The maximum atomic E-state index is 10.9. The molecule has 0 bridgehead atoms. The van der Waals surface area contributed by atoms with Crippen molar-refractivity contribution in [2.24, 2.45) is 0 Å². The summed E-state index contributed by atoms with van der Waals surface area (Å²) < 4.78 is 5.65. The molecule has 1 heterocycles. The van der Waals surface area contributed by atoms with E-state index in [2.05, 4.69) is 0 Å². The number of hydrogen-bond acceptors (Lipinski definition) is 6. The van der Waals surface area contributed by atoms with E-state index in [1.165, 1.54) is 36.4 Å². The van der Waals surface area contributed by atoms with Gasteiger partial charge < -0.3 is 4.42 Å². The zero-order valence-electron chi connectivity index (χ0n) is 13.7. The summed E-state index contributed by atoms with van der Waals surface area (Å²) in [5.74, 6) is 0.751. The summed E-state index contributed by atoms with van der Waals surface area (Å²) in [6, 6.07) is 17.0. The first-order valence-electron chi connectivity index (χ1n) is 7.69. The first kappa shape index (κ1) is 17.6. The third-order valence-corrected chi connectivity index (χ3v) is 3.74. The summed E-state index contributed by atoms with van der Waals surface area (Å²) in [5.41, 5.74) is 0.928. The van der Waals surface area contributed by atoms with Crippen LogP contribution in [0, 0.1) is 31.6 Å². The standard InChI is InChI=1S/C19H11N3O5/c20-12-15(13-3-1-5-16(9-13)21(23)24)11-18-7-8-19(27-18)14-4-2-6-17(10-14)22(25)26/h1-11H. The van der Waals surface area contributed by atoms with Crippen molar-refractivity contribution < 1.29 is 14.3 Å². The van der Waals surface area contributed by atoms with Crippen molar-refractivity contribution in [1.82, 2.24) is 0 Å². The van der Waals surface area contributed by atoms with E-state index < -0.39 is 9.85 Å². The van der Waals surface area contributed by atoms with E-state index in [4.69, 9.17) is 4.42 Å². The van der Waals surface area contributed by atoms with Crippen LogP contribution in [0.3, 0.4) is 0 Å². The maximum Gasteiger partial charge on any atom is 0.270 e. The van der Waals surface area contributed by atoms with E-state index in [0.29, 0.717) is 22.6 Å². The average Bonchev–Trinajstić information content (AvgIpc) is 3.15. The quantitative estimate of drug-likeness (QED) is 0.364. The molecule has 1 aromatic heterocycles. The van der Waals surface area contributed by atoms with Gasteiger partial charge in [-0.2, -0.15) is 5.26 Å². The van der Waals surface area contributed by atoms with E-state index in [1.54, 1.807) is 30.3 Å². The van der Waals surface area contributed by atoms with Gasteiger partial charge in [0.1, 0.15) is 11.5 Å². The van der Waals surface area contributed by atoms with Gasteiger partial charge in [-0.15, -0.1) is 0 Å². The molecule has 0 amide bonds. The minimum absolute atomic E-state index is 0.0599. The van der Waals surface area contributed by atoms with Gasteiger partial charge in [-0.05, 0) is 23.8 Å². The third-order valence-electron chi connectivity index (χ3n) is 3.74. The lowest BCUT2D eigenvalue weighted by molar-refractivity contribution is -0.385. The normalized spacial score (nSPS) is 11.0. The topological polar surface area (TPSA) is 123 Å². The fraction of sp³-hybridized carbons (Fsp3) is 0. The molecule has 0 saturated heterocycles. The molecule has 0 N–H and O–H groups in total. The lowest BCUT2D eigenvalue weighted by Crippen LogP contribution is -1.89. The molecule has 0 spiro atoms. The van der Waals surface area contributed by atoms with Crippen LogP contribution in [0.4, 0.5) is 11.4 Å². The number of benzene rings is 2. The lowest BCUT2D eigenvalue weighted by atomic mass is 10.1. The molecular formula is C19H11N3O5. The van der Waals surface area contributed by atoms with Crippen molar-refractivity contribution in [2.45, 2.75) is 0 Å². The molecule has 0 aliphatic rings. The first-order valence-corrected chi connectivity index (χ1v) is 7.69. The van der Waals surface area contributed by atoms with E-state index in [0.717, 1.165) is 0 Å². The fourth-order valence-corrected chi connectivity index (χ4v) is 2.47. The highest BCUT2D eigenvalue weighted by Crippen LogP contribution is 2.28. The van der Waals surface area contributed by atoms with Crippen molar-refractivity contribution in [3.05, 3.63) is 92.2 Å². The monoisotopic (exact) mass is 361 g/mol. The number of nitrogens with zero attached hydrogens (tertiary/aromatic N) is 3. The predicted octanol–water partition coefficient (Wildman–Crippen LogP) is 4.83. The second-order valence-corrected chi connectivity index (χ2v) is 5.49. The minimum Gasteiger partial charge on any atom is -0.457 e. The SMILES string of the molecule is N#CC(=Cc1ccc(-c2cccc([N+](=O)[O-])c2)o1)c1cccc([N+](=O)[O-])c1. The molecule has 3 aromatic rings. The average molecular weight is 361 g/mol. The Morgan fingerprint density at radius 2 is 1.63 bits per heavy atom. The summed E-state index contributed by atoms with van der Waals surface area (Å²) in [5, 5.41) is 31.2. The highest BCUT2D eigenvalue weighted by molar-refractivity contribution is 5.89. The number of hydrogen-bond donors (Lipinski definition) is 0. The Balaban J connectivity index is 1.95. The predicted molar refractivity (Wildman–Crippen MR) is 97.4 cm³/mol. The van der Waals surface area contributed by atoms with Crippen LogP contribution in [0.2, 0.25) is 0 Å². The largest absolute Gasteiger partial charge is 0.457 e. The number of nitro groups is 2. The molecule has 3 rings (SSSR count). The third kappa shape index (κ3) is 3.88. The van der Waals surface area contributed by atoms with Gasteiger partial charge in [0.25, 0.3) is 11.4 Å². The highest BCUT2D eigenvalue weighted by Gasteiger charge is 2.12. The van der Waals surface area contributed by atoms with Crippen molar-refractivity contribution in [3.8, 4) is 17.4 Å². The molecule has 0 fully saturated rings. The molecule has 2 aromatic carbocycles. The summed E-state index contributed by atoms with van der Waals surface area (Å²) in [6.07, 6.45) is 1.46. The van der Waals surface area contributed by atoms with Crippen molar-refractivity contribution in [3.63, 3.8) is 0 Å². The van der Waals surface area contributed by atoms with E-state index in [1.807, 2.05) is 6.07 Å². The van der Waals surface area contributed by atoms with Crippen LogP contribution in [0.25, 0.3) is 23.0 Å². The van der Waals surface area contributed by atoms with E-state index in [-0.39, 0.29) is 16.9 Å². The summed E-state index contributed by atoms with van der Waals surface area (Å²) in [6.45, 7) is 0. The van der Waals surface area contributed by atoms with Crippen molar-refractivity contribution >= 4 is 23.0 Å². The zero-order valence-corrected chi connectivity index (χ0v) is 13.7. The number of rotatable bonds is 5. The fourth-order valence-electron chi connectivity index (χ4n) is 2.47. The molecular weight excluding hydrogens is 350 g/mol. The molecule has 8 nitrogen and oxygen atoms in total. The molecule has 27 heavy (non-hydrogen) atoms. The van der Waals surface area contributed by atoms with Gasteiger partial charge in [0.15, 0.2) is 0 Å². The molecule has 0 atom stereocenters. The van der Waals surface area contributed by atoms with E-state index >= 15 is 0 Å². The molecule has 8 heteroatoms. The van der Waals surface area contributed by atoms with Crippen molar-refractivity contribution in [1.29, 1.82) is 5.26 Å². The van der Waals surface area contributed by atoms with Gasteiger partial charge in [-0.3, -0.25) is 20.2 Å². The van der Waals surface area contributed by atoms with Crippen LogP contribution in [-0.4, -0.2) is 9.85 Å². The number of nitriles is 1. The summed E-state index contributed by atoms with van der Waals surface area (Å²) in [4.78, 5) is 20.7. The molecule has 0 saturated carbocycles. The Kier molecular flexibility index (Phi) is 4.77. The van der Waals surface area contributed by atoms with Crippen LogP contribution in [0.15, 0.2) is 65.1 Å². The van der Waals surface area contributed by atoms with Gasteiger partial charge in [0, 0.05) is 29.8 Å². The number of allylic oxidation sites excluding steroid dienone is 1. The van der Waals surface area contributed by atoms with Crippen LogP contribution in [-0.2, 0) is 0 Å². The van der Waals surface area contributed by atoms with Gasteiger partial charge >= 0.3 is 0 Å². The molecule has 0 aliphatic carbocycles. The smallest absolute Gasteiger partial charge is 0.270 e. The Morgan fingerprint density at radius 3 is 2.30 bits per heavy atom. The zero-order chi connectivity index (χ0) is 19.4. The molecule has 0 unspecified atom stereocenters. The Hall–Kier alpha value is -4.25. The Labute approximate surface area is 152 Å².